The van der Waals surface area contributed by atoms with E-state index >= 15 is 0 Å². The van der Waals surface area contributed by atoms with Crippen LogP contribution in [0.15, 0.2) is 30.3 Å². The topological polar surface area (TPSA) is 35.5 Å². The lowest BCUT2D eigenvalue weighted by Crippen LogP contribution is -2.06. The van der Waals surface area contributed by atoms with E-state index in [9.17, 15) is 4.79 Å². The largest absolute Gasteiger partial charge is 0.495 e. The van der Waals surface area contributed by atoms with Gasteiger partial charge in [0.15, 0.2) is 11.5 Å². The molecule has 0 radical (unpaired) electrons. The van der Waals surface area contributed by atoms with E-state index in [-0.39, 0.29) is 10.8 Å². The molecule has 2 aromatic carbocycles. The average Bonchev–Trinajstić information content (AvgIpc) is 2.46. The predicted octanol–water partition coefficient (Wildman–Crippen LogP) is 4.55. The second-order valence-corrected chi connectivity index (χ2v) is 5.27. The molecule has 0 fully saturated rings. The van der Waals surface area contributed by atoms with Gasteiger partial charge in [-0.25, -0.2) is 0 Å². The van der Waals surface area contributed by atoms with Gasteiger partial charge in [0.25, 0.3) is 0 Å². The number of ketones is 1. The maximum atomic E-state index is 12.7. The minimum Gasteiger partial charge on any atom is -0.495 e. The normalized spacial score (nSPS) is 10.3. The Morgan fingerprint density at radius 3 is 2.24 bits per heavy atom. The van der Waals surface area contributed by atoms with Gasteiger partial charge in [-0.15, -0.1) is 0 Å². The van der Waals surface area contributed by atoms with Crippen molar-refractivity contribution in [1.82, 2.24) is 0 Å². The molecule has 5 heteroatoms. The quantitative estimate of drug-likeness (QED) is 0.774. The Morgan fingerprint density at radius 1 is 1.00 bits per heavy atom. The summed E-state index contributed by atoms with van der Waals surface area (Å²) in [4.78, 5) is 12.7. The van der Waals surface area contributed by atoms with Gasteiger partial charge >= 0.3 is 0 Å². The van der Waals surface area contributed by atoms with Crippen LogP contribution in [0, 0.1) is 6.92 Å². The molecule has 21 heavy (non-hydrogen) atoms. The van der Waals surface area contributed by atoms with Crippen LogP contribution in [0.1, 0.15) is 21.5 Å². The second kappa shape index (κ2) is 6.37. The molecule has 0 saturated heterocycles. The Balaban J connectivity index is 2.55. The van der Waals surface area contributed by atoms with E-state index in [0.29, 0.717) is 27.6 Å². The molecule has 110 valence electrons. The zero-order valence-corrected chi connectivity index (χ0v) is 13.4. The van der Waals surface area contributed by atoms with Crippen LogP contribution in [0.3, 0.4) is 0 Å². The van der Waals surface area contributed by atoms with Crippen LogP contribution in [-0.2, 0) is 0 Å². The summed E-state index contributed by atoms with van der Waals surface area (Å²) in [5, 5.41) is 0.862. The standard InChI is InChI=1S/C16H14Cl2O3/c1-9-8-10(17)4-5-11(9)15(19)12-6-7-13(20-2)14(18)16(12)21-3/h4-8H,1-3H3. The first-order valence-electron chi connectivity index (χ1n) is 6.21. The lowest BCUT2D eigenvalue weighted by Gasteiger charge is -2.13. The predicted molar refractivity (Wildman–Crippen MR) is 84.2 cm³/mol. The second-order valence-electron chi connectivity index (χ2n) is 4.45. The molecule has 2 aromatic rings. The van der Waals surface area contributed by atoms with E-state index in [0.717, 1.165) is 5.56 Å². The van der Waals surface area contributed by atoms with Crippen molar-refractivity contribution in [2.75, 3.05) is 14.2 Å². The molecule has 0 atom stereocenters. The van der Waals surface area contributed by atoms with Gasteiger partial charge in [0.2, 0.25) is 0 Å². The van der Waals surface area contributed by atoms with E-state index in [4.69, 9.17) is 32.7 Å². The van der Waals surface area contributed by atoms with Crippen molar-refractivity contribution in [1.29, 1.82) is 0 Å². The summed E-state index contributed by atoms with van der Waals surface area (Å²) in [6.07, 6.45) is 0. The van der Waals surface area contributed by atoms with Gasteiger partial charge in [-0.3, -0.25) is 4.79 Å². The first-order chi connectivity index (χ1) is 9.99. The molecule has 0 spiro atoms. The van der Waals surface area contributed by atoms with Crippen LogP contribution >= 0.6 is 23.2 Å². The van der Waals surface area contributed by atoms with Crippen LogP contribution < -0.4 is 9.47 Å². The van der Waals surface area contributed by atoms with Gasteiger partial charge in [0.05, 0.1) is 19.8 Å². The molecule has 0 aromatic heterocycles. The first kappa shape index (κ1) is 15.7. The van der Waals surface area contributed by atoms with E-state index in [1.807, 2.05) is 6.92 Å². The molecule has 3 nitrogen and oxygen atoms in total. The summed E-state index contributed by atoms with van der Waals surface area (Å²) in [5.74, 6) is 0.582. The van der Waals surface area contributed by atoms with Gasteiger partial charge in [-0.1, -0.05) is 23.2 Å². The van der Waals surface area contributed by atoms with E-state index < -0.39 is 0 Å². The molecule has 0 bridgehead atoms. The number of methoxy groups -OCH3 is 2. The minimum absolute atomic E-state index is 0.175. The highest BCUT2D eigenvalue weighted by Gasteiger charge is 2.21. The van der Waals surface area contributed by atoms with Crippen molar-refractivity contribution in [3.05, 3.63) is 57.1 Å². The summed E-state index contributed by atoms with van der Waals surface area (Å²) in [5.41, 5.74) is 1.73. The molecule has 0 aliphatic heterocycles. The van der Waals surface area contributed by atoms with Crippen LogP contribution in [-0.4, -0.2) is 20.0 Å². The van der Waals surface area contributed by atoms with Crippen LogP contribution in [0.2, 0.25) is 10.0 Å². The number of aryl methyl sites for hydroxylation is 1. The van der Waals surface area contributed by atoms with Crippen LogP contribution in [0.5, 0.6) is 11.5 Å². The van der Waals surface area contributed by atoms with Crippen molar-refractivity contribution in [3.63, 3.8) is 0 Å². The molecule has 0 unspecified atom stereocenters. The van der Waals surface area contributed by atoms with E-state index in [2.05, 4.69) is 0 Å². The highest BCUT2D eigenvalue weighted by atomic mass is 35.5. The number of halogens is 2. The fourth-order valence-electron chi connectivity index (χ4n) is 2.10. The number of hydrogen-bond acceptors (Lipinski definition) is 3. The molecule has 0 heterocycles. The number of rotatable bonds is 4. The van der Waals surface area contributed by atoms with Crippen LogP contribution in [0.25, 0.3) is 0 Å². The van der Waals surface area contributed by atoms with Crippen molar-refractivity contribution < 1.29 is 14.3 Å². The summed E-state index contributed by atoms with van der Waals surface area (Å²) in [6.45, 7) is 1.83. The molecule has 0 aliphatic carbocycles. The fourth-order valence-corrected chi connectivity index (χ4v) is 2.65. The molecule has 2 rings (SSSR count). The lowest BCUT2D eigenvalue weighted by atomic mass is 9.98. The number of carbonyl (C=O) groups is 1. The van der Waals surface area contributed by atoms with Crippen molar-refractivity contribution in [2.45, 2.75) is 6.92 Å². The third-order valence-electron chi connectivity index (χ3n) is 3.16. The molecule has 0 N–H and O–H groups in total. The highest BCUT2D eigenvalue weighted by Crippen LogP contribution is 2.38. The van der Waals surface area contributed by atoms with E-state index in [1.165, 1.54) is 14.2 Å². The molecule has 0 aliphatic rings. The number of hydrogen-bond donors (Lipinski definition) is 0. The lowest BCUT2D eigenvalue weighted by molar-refractivity contribution is 0.103. The monoisotopic (exact) mass is 324 g/mol. The van der Waals surface area contributed by atoms with Gasteiger partial charge in [-0.2, -0.15) is 0 Å². The third-order valence-corrected chi connectivity index (χ3v) is 3.76. The average molecular weight is 325 g/mol. The molecular formula is C16H14Cl2O3. The van der Waals surface area contributed by atoms with Gasteiger partial charge in [0.1, 0.15) is 10.8 Å². The Hall–Kier alpha value is -1.71. The SMILES string of the molecule is COc1ccc(C(=O)c2ccc(Cl)cc2C)c(OC)c1Cl. The maximum absolute atomic E-state index is 12.7. The van der Waals surface area contributed by atoms with Gasteiger partial charge < -0.3 is 9.47 Å². The third kappa shape index (κ3) is 2.99. The summed E-state index contributed by atoms with van der Waals surface area (Å²) < 4.78 is 10.4. The zero-order chi connectivity index (χ0) is 15.6. The van der Waals surface area contributed by atoms with Gasteiger partial charge in [0, 0.05) is 10.6 Å². The minimum atomic E-state index is -0.175. The smallest absolute Gasteiger partial charge is 0.197 e. The number of benzene rings is 2. The van der Waals surface area contributed by atoms with Crippen molar-refractivity contribution in [2.24, 2.45) is 0 Å². The number of ether oxygens (including phenoxy) is 2. The summed E-state index contributed by atoms with van der Waals surface area (Å²) in [6, 6.07) is 8.40. The Labute approximate surface area is 133 Å². The molecule has 0 amide bonds. The Kier molecular flexibility index (Phi) is 4.76. The van der Waals surface area contributed by atoms with E-state index in [1.54, 1.807) is 30.3 Å². The van der Waals surface area contributed by atoms with Crippen molar-refractivity contribution in [3.8, 4) is 11.5 Å². The molecular weight excluding hydrogens is 311 g/mol. The Morgan fingerprint density at radius 2 is 1.67 bits per heavy atom. The fraction of sp³-hybridized carbons (Fsp3) is 0.188. The highest BCUT2D eigenvalue weighted by molar-refractivity contribution is 6.34. The van der Waals surface area contributed by atoms with Gasteiger partial charge in [-0.05, 0) is 42.8 Å². The number of carbonyl (C=O) groups excluding carboxylic acids is 1. The molecule has 0 saturated carbocycles. The first-order valence-corrected chi connectivity index (χ1v) is 6.96. The van der Waals surface area contributed by atoms with Crippen LogP contribution in [0.4, 0.5) is 0 Å². The van der Waals surface area contributed by atoms with Crippen molar-refractivity contribution >= 4 is 29.0 Å². The Bertz CT molecular complexity index is 696. The zero-order valence-electron chi connectivity index (χ0n) is 11.9. The summed E-state index contributed by atoms with van der Waals surface area (Å²) >= 11 is 12.1. The maximum Gasteiger partial charge on any atom is 0.197 e. The summed E-state index contributed by atoms with van der Waals surface area (Å²) in [7, 11) is 2.97.